The van der Waals surface area contributed by atoms with Gasteiger partial charge in [0.2, 0.25) is 0 Å². The number of aliphatic hydroxyl groups excluding tert-OH is 2. The summed E-state index contributed by atoms with van der Waals surface area (Å²) in [5.74, 6) is -4.42. The number of rotatable bonds is 5. The van der Waals surface area contributed by atoms with Crippen molar-refractivity contribution >= 4 is 43.9 Å². The number of fused-ring (bicyclic) bond motifs is 3. The third-order valence-corrected chi connectivity index (χ3v) is 10.7. The maximum atomic E-state index is 14.4. The molecule has 0 bridgehead atoms. The molecule has 1 amide bonds. The number of hydrogen-bond donors (Lipinski definition) is 5. The van der Waals surface area contributed by atoms with Gasteiger partial charge in [-0.1, -0.05) is 6.58 Å². The molecule has 1 heterocycles. The van der Waals surface area contributed by atoms with E-state index in [9.17, 15) is 34.8 Å². The number of nitrogens with zero attached hydrogens (tertiary/aromatic N) is 2. The van der Waals surface area contributed by atoms with Gasteiger partial charge in [-0.15, -0.1) is 26.3 Å². The molecule has 10 nitrogen and oxygen atoms in total. The third-order valence-electron chi connectivity index (χ3n) is 8.61. The van der Waals surface area contributed by atoms with Crippen molar-refractivity contribution in [3.05, 3.63) is 74.8 Å². The first kappa shape index (κ1) is 29.6. The van der Waals surface area contributed by atoms with Crippen molar-refractivity contribution < 1.29 is 34.8 Å². The van der Waals surface area contributed by atoms with Crippen LogP contribution in [0.2, 0.25) is 0 Å². The zero-order valence-corrected chi connectivity index (χ0v) is 25.5. The summed E-state index contributed by atoms with van der Waals surface area (Å²) in [5, 5.41) is 42.7. The highest BCUT2D eigenvalue weighted by atomic mass is 32.1. The summed E-state index contributed by atoms with van der Waals surface area (Å²) in [4.78, 5) is 42.6. The maximum Gasteiger partial charge on any atom is 0.345 e. The molecule has 1 aromatic heterocycles. The van der Waals surface area contributed by atoms with Crippen LogP contribution in [0.3, 0.4) is 0 Å². The molecule has 0 spiro atoms. The van der Waals surface area contributed by atoms with Gasteiger partial charge in [-0.3, -0.25) is 14.5 Å². The topological polar surface area (TPSA) is 165 Å². The number of phenolic OH excluding ortho intramolecular Hbond substituents is 1. The number of thiophene rings is 1. The number of carbonyl (C=O) groups is 3. The van der Waals surface area contributed by atoms with Gasteiger partial charge in [-0.2, -0.15) is 0 Å². The predicted octanol–water partition coefficient (Wildman–Crippen LogP) is 3.64. The highest BCUT2D eigenvalue weighted by Crippen LogP contribution is 2.60. The van der Waals surface area contributed by atoms with E-state index in [2.05, 4.69) is 21.5 Å². The lowest BCUT2D eigenvalue weighted by atomic mass is 9.59. The Labute approximate surface area is 249 Å². The van der Waals surface area contributed by atoms with Crippen LogP contribution >= 0.6 is 20.6 Å². The number of nitrogens with two attached hydrogens (primary N) is 1. The normalized spacial score (nSPS) is 25.1. The number of amides is 1. The van der Waals surface area contributed by atoms with E-state index in [1.54, 1.807) is 31.1 Å². The second-order valence-corrected chi connectivity index (χ2v) is 13.3. The Morgan fingerprint density at radius 2 is 1.86 bits per heavy atom. The van der Waals surface area contributed by atoms with Gasteiger partial charge < -0.3 is 31.1 Å². The molecule has 5 atom stereocenters. The minimum Gasteiger partial charge on any atom is -0.511 e. The zero-order valence-electron chi connectivity index (χ0n) is 23.6. The minimum atomic E-state index is -1.42. The van der Waals surface area contributed by atoms with Crippen LogP contribution in [-0.2, 0) is 11.2 Å². The van der Waals surface area contributed by atoms with E-state index in [1.165, 1.54) is 6.07 Å². The first-order valence-corrected chi connectivity index (χ1v) is 14.5. The number of primary amides is 1. The van der Waals surface area contributed by atoms with Gasteiger partial charge in [-0.25, -0.2) is 4.79 Å². The number of anilines is 1. The van der Waals surface area contributed by atoms with Crippen LogP contribution in [0, 0.1) is 11.8 Å². The molecule has 1 unspecified atom stereocenters. The third kappa shape index (κ3) is 4.03. The van der Waals surface area contributed by atoms with Crippen molar-refractivity contribution in [2.24, 2.45) is 17.6 Å². The van der Waals surface area contributed by atoms with Crippen molar-refractivity contribution in [3.8, 4) is 16.2 Å². The second kappa shape index (κ2) is 10.1. The summed E-state index contributed by atoms with van der Waals surface area (Å²) in [6, 6.07) is 4.05. The number of allylic oxidation sites excluding steroid dienone is 2. The Kier molecular flexibility index (Phi) is 7.15. The first-order valence-electron chi connectivity index (χ1n) is 13.1. The smallest absolute Gasteiger partial charge is 0.345 e. The largest absolute Gasteiger partial charge is 0.511 e. The Morgan fingerprint density at radius 1 is 1.19 bits per heavy atom. The van der Waals surface area contributed by atoms with Crippen LogP contribution in [0.25, 0.3) is 10.4 Å². The SMILES string of the molecule is C=C=C1C(C(N)=O)=C(O)[C@@H](N(C)C)[C@@H]2C[C@@H]3Cc4c(N(C)C)cc(-c5ccc(C(=O)O)s5)c(O)c4C(=O)C3=C(O)[C@]12P. The van der Waals surface area contributed by atoms with Crippen molar-refractivity contribution in [1.82, 2.24) is 4.90 Å². The highest BCUT2D eigenvalue weighted by molar-refractivity contribution is 7.20. The summed E-state index contributed by atoms with van der Waals surface area (Å²) in [5.41, 5.74) is 9.96. The Morgan fingerprint density at radius 3 is 2.38 bits per heavy atom. The van der Waals surface area contributed by atoms with Gasteiger partial charge in [0.25, 0.3) is 5.91 Å². The van der Waals surface area contributed by atoms with Gasteiger partial charge in [-0.05, 0) is 56.6 Å². The number of carboxylic acids is 1. The van der Waals surface area contributed by atoms with E-state index in [4.69, 9.17) is 5.73 Å². The number of aromatic hydroxyl groups is 1. The molecule has 0 fully saturated rings. The van der Waals surface area contributed by atoms with Crippen molar-refractivity contribution in [1.29, 1.82) is 0 Å². The predicted molar refractivity (Wildman–Crippen MR) is 163 cm³/mol. The number of Topliss-reactive ketones (excluding diaryl/α,β-unsaturated/α-hetero) is 1. The molecule has 42 heavy (non-hydrogen) atoms. The summed E-state index contributed by atoms with van der Waals surface area (Å²) in [6.45, 7) is 3.71. The number of phenols is 1. The highest BCUT2D eigenvalue weighted by Gasteiger charge is 2.59. The molecular weight excluding hydrogens is 577 g/mol. The minimum absolute atomic E-state index is 0.0314. The number of aliphatic hydroxyl groups is 2. The lowest BCUT2D eigenvalue weighted by molar-refractivity contribution is -0.114. The van der Waals surface area contributed by atoms with Crippen molar-refractivity contribution in [3.63, 3.8) is 0 Å². The number of benzene rings is 1. The van der Waals surface area contributed by atoms with Crippen molar-refractivity contribution in [2.45, 2.75) is 24.0 Å². The maximum absolute atomic E-state index is 14.4. The van der Waals surface area contributed by atoms with Crippen LogP contribution in [-0.4, -0.2) is 82.4 Å². The Balaban J connectivity index is 1.77. The zero-order chi connectivity index (χ0) is 31.0. The first-order chi connectivity index (χ1) is 19.7. The van der Waals surface area contributed by atoms with Crippen LogP contribution in [0.1, 0.15) is 32.0 Å². The van der Waals surface area contributed by atoms with Crippen molar-refractivity contribution in [2.75, 3.05) is 33.1 Å². The molecule has 2 aromatic rings. The summed E-state index contributed by atoms with van der Waals surface area (Å²) in [6.07, 6.45) is 0.658. The number of likely N-dealkylation sites (N-methyl/N-ethyl adjacent to an activating group) is 1. The van der Waals surface area contributed by atoms with Gasteiger partial charge in [0.15, 0.2) is 5.78 Å². The van der Waals surface area contributed by atoms with E-state index >= 15 is 0 Å². The van der Waals surface area contributed by atoms with Gasteiger partial charge in [0.1, 0.15) is 22.1 Å². The number of carboxylic acid groups (broad SMARTS) is 1. The molecule has 1 aromatic carbocycles. The molecule has 220 valence electrons. The average Bonchev–Trinajstić information content (AvgIpc) is 3.39. The number of ketones is 1. The average molecular weight is 610 g/mol. The molecule has 0 radical (unpaired) electrons. The van der Waals surface area contributed by atoms with Gasteiger partial charge in [0, 0.05) is 47.3 Å². The summed E-state index contributed by atoms with van der Waals surface area (Å²) < 4.78 is 0. The number of carbonyl (C=O) groups excluding carboxylic acids is 2. The van der Waals surface area contributed by atoms with Crippen LogP contribution in [0.15, 0.2) is 58.7 Å². The van der Waals surface area contributed by atoms with E-state index < -0.39 is 40.7 Å². The standard InChI is InChI=1S/C30H32N3O7PS/c1-6-15-22(28(31)38)26(36)23(33(4)5)16-10-12-9-13-17(32(2)3)11-14(18-7-8-19(42-18)29(39)40)24(34)21(13)25(35)20(12)27(37)30(15,16)41/h7-8,11-12,16,23,34,36-37H,1,9-10,41H2,2-5H3,(H2,31,38)(H,39,40)/t12-,16-,23-,30-/m0/s1. The molecule has 3 aliphatic rings. The van der Waals surface area contributed by atoms with E-state index in [0.717, 1.165) is 11.3 Å². The van der Waals surface area contributed by atoms with E-state index in [-0.39, 0.29) is 44.4 Å². The van der Waals surface area contributed by atoms with Crippen LogP contribution in [0.5, 0.6) is 5.75 Å². The second-order valence-electron chi connectivity index (χ2n) is 11.3. The molecule has 5 rings (SSSR count). The quantitative estimate of drug-likeness (QED) is 0.251. The molecular formula is C30H32N3O7PS. The molecule has 12 heteroatoms. The summed E-state index contributed by atoms with van der Waals surface area (Å²) >= 11 is 0.978. The number of aromatic carboxylic acids is 1. The Hall–Kier alpha value is -3.88. The van der Waals surface area contributed by atoms with Crippen LogP contribution < -0.4 is 10.6 Å². The van der Waals surface area contributed by atoms with Crippen LogP contribution in [0.4, 0.5) is 5.69 Å². The molecule has 0 saturated heterocycles. The van der Waals surface area contributed by atoms with E-state index in [0.29, 0.717) is 34.5 Å². The molecule has 0 aliphatic heterocycles. The Bertz CT molecular complexity index is 1700. The molecule has 3 aliphatic carbocycles. The number of hydrogen-bond acceptors (Lipinski definition) is 9. The lowest BCUT2D eigenvalue weighted by Gasteiger charge is -2.53. The fourth-order valence-corrected chi connectivity index (χ4v) is 8.42. The van der Waals surface area contributed by atoms with Gasteiger partial charge >= 0.3 is 5.97 Å². The molecule has 6 N–H and O–H groups in total. The van der Waals surface area contributed by atoms with E-state index in [1.807, 2.05) is 19.0 Å². The summed E-state index contributed by atoms with van der Waals surface area (Å²) in [7, 11) is 9.68. The fraction of sp³-hybridized carbons (Fsp3) is 0.333. The lowest BCUT2D eigenvalue weighted by Crippen LogP contribution is -2.57. The monoisotopic (exact) mass is 609 g/mol. The fourth-order valence-electron chi connectivity index (χ4n) is 6.84. The molecule has 0 saturated carbocycles. The van der Waals surface area contributed by atoms with Gasteiger partial charge in [0.05, 0.1) is 22.3 Å².